The van der Waals surface area contributed by atoms with Gasteiger partial charge in [0.05, 0.1) is 0 Å². The van der Waals surface area contributed by atoms with E-state index in [0.717, 1.165) is 5.69 Å². The van der Waals surface area contributed by atoms with Gasteiger partial charge < -0.3 is 15.5 Å². The summed E-state index contributed by atoms with van der Waals surface area (Å²) in [5.41, 5.74) is 3.06. The normalized spacial score (nSPS) is 10.2. The second kappa shape index (κ2) is 8.35. The van der Waals surface area contributed by atoms with E-state index in [-0.39, 0.29) is 17.6 Å². The first-order chi connectivity index (χ1) is 13.4. The highest BCUT2D eigenvalue weighted by molar-refractivity contribution is 6.07. The van der Waals surface area contributed by atoms with Crippen molar-refractivity contribution in [1.29, 1.82) is 0 Å². The Morgan fingerprint density at radius 3 is 1.46 bits per heavy atom. The number of hydrogen-bond donors (Lipinski definition) is 2. The van der Waals surface area contributed by atoms with Crippen LogP contribution in [0.1, 0.15) is 20.7 Å². The maximum Gasteiger partial charge on any atom is 0.255 e. The zero-order valence-electron chi connectivity index (χ0n) is 15.6. The third-order valence-electron chi connectivity index (χ3n) is 4.15. The second-order valence-electron chi connectivity index (χ2n) is 6.43. The molecule has 0 saturated carbocycles. The number of carbonyl (C=O) groups excluding carboxylic acids is 2. The third-order valence-corrected chi connectivity index (χ3v) is 4.15. The molecule has 0 bridgehead atoms. The standard InChI is InChI=1S/C22H20FN3O2/c1-26(2)20-13-11-19(12-14-20)25-22(28)16-5-3-15(4-6-16)21(27)24-18-9-7-17(23)8-10-18/h3-14H,1-2H3,(H,24,27)(H,25,28). The molecule has 0 aromatic heterocycles. The van der Waals surface area contributed by atoms with E-state index in [1.807, 2.05) is 43.3 Å². The molecule has 5 nitrogen and oxygen atoms in total. The molecule has 0 radical (unpaired) electrons. The SMILES string of the molecule is CN(C)c1ccc(NC(=O)c2ccc(C(=O)Nc3ccc(F)cc3)cc2)cc1. The number of benzene rings is 3. The molecule has 0 aliphatic rings. The summed E-state index contributed by atoms with van der Waals surface area (Å²) in [7, 11) is 3.89. The van der Waals surface area contributed by atoms with E-state index in [0.29, 0.717) is 22.5 Å². The molecule has 28 heavy (non-hydrogen) atoms. The molecular formula is C22H20FN3O2. The summed E-state index contributed by atoms with van der Waals surface area (Å²) in [5.74, 6) is -0.967. The number of anilines is 3. The number of amides is 2. The monoisotopic (exact) mass is 377 g/mol. The van der Waals surface area contributed by atoms with Gasteiger partial charge in [0, 0.05) is 42.3 Å². The highest BCUT2D eigenvalue weighted by Crippen LogP contribution is 2.17. The Bertz CT molecular complexity index is 966. The molecule has 0 unspecified atom stereocenters. The van der Waals surface area contributed by atoms with Crippen molar-refractivity contribution >= 4 is 28.9 Å². The van der Waals surface area contributed by atoms with Gasteiger partial charge in [-0.2, -0.15) is 0 Å². The van der Waals surface area contributed by atoms with Crippen LogP contribution in [0.25, 0.3) is 0 Å². The van der Waals surface area contributed by atoms with Crippen molar-refractivity contribution in [3.63, 3.8) is 0 Å². The van der Waals surface area contributed by atoms with Gasteiger partial charge in [0.15, 0.2) is 0 Å². The van der Waals surface area contributed by atoms with Crippen LogP contribution < -0.4 is 15.5 Å². The van der Waals surface area contributed by atoms with Crippen LogP contribution in [0.3, 0.4) is 0 Å². The van der Waals surface area contributed by atoms with E-state index in [4.69, 9.17) is 0 Å². The van der Waals surface area contributed by atoms with Crippen molar-refractivity contribution in [2.24, 2.45) is 0 Å². The molecule has 0 heterocycles. The van der Waals surface area contributed by atoms with Crippen LogP contribution >= 0.6 is 0 Å². The second-order valence-corrected chi connectivity index (χ2v) is 6.43. The summed E-state index contributed by atoms with van der Waals surface area (Å²) in [6, 6.07) is 19.3. The van der Waals surface area contributed by atoms with Crippen molar-refractivity contribution in [2.45, 2.75) is 0 Å². The third kappa shape index (κ3) is 4.73. The van der Waals surface area contributed by atoms with Crippen molar-refractivity contribution in [2.75, 3.05) is 29.6 Å². The first kappa shape index (κ1) is 19.1. The molecule has 2 amide bonds. The van der Waals surface area contributed by atoms with Crippen LogP contribution in [-0.2, 0) is 0 Å². The highest BCUT2D eigenvalue weighted by atomic mass is 19.1. The predicted octanol–water partition coefficient (Wildman–Crippen LogP) is 4.40. The lowest BCUT2D eigenvalue weighted by atomic mass is 10.1. The predicted molar refractivity (Wildman–Crippen MR) is 110 cm³/mol. The van der Waals surface area contributed by atoms with E-state index in [9.17, 15) is 14.0 Å². The number of nitrogens with one attached hydrogen (secondary N) is 2. The molecule has 0 atom stereocenters. The Kier molecular flexibility index (Phi) is 5.69. The number of hydrogen-bond acceptors (Lipinski definition) is 3. The minimum absolute atomic E-state index is 0.261. The first-order valence-electron chi connectivity index (χ1n) is 8.68. The van der Waals surface area contributed by atoms with Gasteiger partial charge in [0.25, 0.3) is 11.8 Å². The van der Waals surface area contributed by atoms with Crippen LogP contribution in [0.5, 0.6) is 0 Å². The fourth-order valence-corrected chi connectivity index (χ4v) is 2.56. The van der Waals surface area contributed by atoms with Gasteiger partial charge in [-0.3, -0.25) is 9.59 Å². The summed E-state index contributed by atoms with van der Waals surface area (Å²) >= 11 is 0. The van der Waals surface area contributed by atoms with E-state index < -0.39 is 0 Å². The Morgan fingerprint density at radius 1 is 0.679 bits per heavy atom. The van der Waals surface area contributed by atoms with Crippen molar-refractivity contribution < 1.29 is 14.0 Å². The topological polar surface area (TPSA) is 61.4 Å². The van der Waals surface area contributed by atoms with Gasteiger partial charge in [0.1, 0.15) is 5.82 Å². The fraction of sp³-hybridized carbons (Fsp3) is 0.0909. The minimum Gasteiger partial charge on any atom is -0.378 e. The zero-order valence-corrected chi connectivity index (χ0v) is 15.6. The number of halogens is 1. The summed E-state index contributed by atoms with van der Waals surface area (Å²) in [6.45, 7) is 0. The summed E-state index contributed by atoms with van der Waals surface area (Å²) in [5, 5.41) is 5.50. The number of rotatable bonds is 5. The van der Waals surface area contributed by atoms with Crippen LogP contribution in [0.4, 0.5) is 21.5 Å². The Labute approximate surface area is 162 Å². The molecule has 0 aliphatic carbocycles. The Balaban J connectivity index is 1.63. The molecule has 3 aromatic carbocycles. The largest absolute Gasteiger partial charge is 0.378 e. The molecule has 0 saturated heterocycles. The van der Waals surface area contributed by atoms with Crippen molar-refractivity contribution in [1.82, 2.24) is 0 Å². The molecule has 3 rings (SSSR count). The van der Waals surface area contributed by atoms with Gasteiger partial charge in [-0.25, -0.2) is 4.39 Å². The van der Waals surface area contributed by atoms with Gasteiger partial charge in [-0.05, 0) is 72.8 Å². The zero-order chi connectivity index (χ0) is 20.1. The highest BCUT2D eigenvalue weighted by Gasteiger charge is 2.10. The van der Waals surface area contributed by atoms with Gasteiger partial charge >= 0.3 is 0 Å². The molecule has 6 heteroatoms. The average molecular weight is 377 g/mol. The van der Waals surface area contributed by atoms with E-state index >= 15 is 0 Å². The lowest BCUT2D eigenvalue weighted by Gasteiger charge is -2.13. The maximum absolute atomic E-state index is 12.9. The van der Waals surface area contributed by atoms with Gasteiger partial charge in [0.2, 0.25) is 0 Å². The lowest BCUT2D eigenvalue weighted by Crippen LogP contribution is -2.14. The fourth-order valence-electron chi connectivity index (χ4n) is 2.56. The maximum atomic E-state index is 12.9. The molecular weight excluding hydrogens is 357 g/mol. The summed E-state index contributed by atoms with van der Waals surface area (Å²) in [6.07, 6.45) is 0. The van der Waals surface area contributed by atoms with Gasteiger partial charge in [-0.1, -0.05) is 0 Å². The molecule has 2 N–H and O–H groups in total. The summed E-state index contributed by atoms with van der Waals surface area (Å²) in [4.78, 5) is 26.6. The van der Waals surface area contributed by atoms with E-state index in [1.165, 1.54) is 24.3 Å². The molecule has 0 spiro atoms. The van der Waals surface area contributed by atoms with Crippen LogP contribution in [0.2, 0.25) is 0 Å². The Morgan fingerprint density at radius 2 is 1.07 bits per heavy atom. The van der Waals surface area contributed by atoms with Gasteiger partial charge in [-0.15, -0.1) is 0 Å². The lowest BCUT2D eigenvalue weighted by molar-refractivity contribution is 0.101. The number of carbonyl (C=O) groups is 2. The van der Waals surface area contributed by atoms with Crippen LogP contribution in [0, 0.1) is 5.82 Å². The molecule has 0 aliphatic heterocycles. The van der Waals surface area contributed by atoms with Crippen LogP contribution in [0.15, 0.2) is 72.8 Å². The average Bonchev–Trinajstić information content (AvgIpc) is 2.70. The summed E-state index contributed by atoms with van der Waals surface area (Å²) < 4.78 is 12.9. The quantitative estimate of drug-likeness (QED) is 0.693. The van der Waals surface area contributed by atoms with Crippen molar-refractivity contribution in [3.05, 3.63) is 89.7 Å². The molecule has 142 valence electrons. The minimum atomic E-state index is -0.371. The van der Waals surface area contributed by atoms with Crippen LogP contribution in [-0.4, -0.2) is 25.9 Å². The Hall–Kier alpha value is -3.67. The van der Waals surface area contributed by atoms with Crippen molar-refractivity contribution in [3.8, 4) is 0 Å². The smallest absolute Gasteiger partial charge is 0.255 e. The van der Waals surface area contributed by atoms with E-state index in [2.05, 4.69) is 10.6 Å². The number of nitrogens with zero attached hydrogens (tertiary/aromatic N) is 1. The molecule has 3 aromatic rings. The first-order valence-corrected chi connectivity index (χ1v) is 8.68. The van der Waals surface area contributed by atoms with E-state index in [1.54, 1.807) is 24.3 Å². The molecule has 0 fully saturated rings.